The molecule has 2 saturated heterocycles. The summed E-state index contributed by atoms with van der Waals surface area (Å²) in [7, 11) is 14.2. The molecule has 30 heteroatoms. The largest absolute Gasteiger partial charge is 1.00 e. The number of nitrogens with one attached hydrogen (secondary N) is 4. The van der Waals surface area contributed by atoms with Crippen LogP contribution in [-0.4, -0.2) is 139 Å². The van der Waals surface area contributed by atoms with Gasteiger partial charge in [0.05, 0.1) is 66.9 Å². The molecule has 21 nitrogen and oxygen atoms in total. The molecule has 12 rings (SSSR count). The van der Waals surface area contributed by atoms with Gasteiger partial charge in [-0.15, -0.1) is 45.3 Å². The average Bonchev–Trinajstić information content (AvgIpc) is 2.39. The second-order valence-corrected chi connectivity index (χ2v) is 28.9. The number of hydrogen-bond donors (Lipinski definition) is 7. The molecule has 2 fully saturated rings. The molecule has 8 aromatic rings. The van der Waals surface area contributed by atoms with E-state index in [9.17, 15) is 20.2 Å². The predicted molar refractivity (Wildman–Crippen MR) is 375 cm³/mol. The average molecular weight is 1460 g/mol. The number of aliphatic hydroxyl groups excluding tert-OH is 1. The maximum Gasteiger partial charge on any atom is 1.00 e. The van der Waals surface area contributed by atoms with E-state index in [1.165, 1.54) is 74.3 Å². The molecule has 4 aliphatic heterocycles. The van der Waals surface area contributed by atoms with Gasteiger partial charge in [-0.05, 0) is 119 Å². The molecule has 4 aliphatic rings. The first-order chi connectivity index (χ1) is 42.2. The van der Waals surface area contributed by atoms with Crippen molar-refractivity contribution >= 4 is 177 Å². The van der Waals surface area contributed by atoms with Crippen LogP contribution in [0.3, 0.4) is 0 Å². The number of nitrogen functional groups attached to an aromatic ring is 1. The number of piperazine rings is 2. The van der Waals surface area contributed by atoms with E-state index in [2.05, 4.69) is 115 Å². The summed E-state index contributed by atoms with van der Waals surface area (Å²) in [6.07, 6.45) is 0. The minimum atomic E-state index is -0.826. The normalized spacial score (nSPS) is 13.0. The molecule has 4 aromatic heterocycles. The van der Waals surface area contributed by atoms with Gasteiger partial charge in [-0.25, -0.2) is 19.7 Å². The molecule has 4 aromatic carbocycles. The Morgan fingerprint density at radius 2 is 1.11 bits per heavy atom. The van der Waals surface area contributed by atoms with Crippen LogP contribution in [0, 0.1) is 61.1 Å². The third-order valence-electron chi connectivity index (χ3n) is 12.5. The topological polar surface area (TPSA) is 280 Å². The van der Waals surface area contributed by atoms with Crippen LogP contribution in [0.2, 0.25) is 5.02 Å². The fourth-order valence-corrected chi connectivity index (χ4v) is 12.0. The number of anilines is 7. The van der Waals surface area contributed by atoms with Crippen LogP contribution in [0.25, 0.3) is 9.69 Å². The van der Waals surface area contributed by atoms with E-state index < -0.39 is 28.7 Å². The standard InChI is InChI=1S/C17H20N4S.C12H9N3O2S.C12H11N3S.C6H4ClNO2.C6H6N2S.C5H12N2.C2H6O.2ClH.Li.H2O.Sn/c1-12-11-13-16(21-9-7-20(2)8-10-21)18-14-5-3-4-6-15(14)19-17(13)22-12;1-8-7-10(13-2)12(18-8)14-9-5-3-4-6-11(9)15(16)17;1-7-6-8-11(13)14-9-4-2-3-5-10(9)15-12(8)16-7;7-5-3-1-2-4-6(5)8(9)10;1-4-3-5(8-2)6(7)9-4;1-7-4-2-6-3-5-7;1-2-3;;;;;/h3-6,11,19H,7-10H2,1-2H3;3-7,14H,1H3;2-6,15H,1H3,(H2,13,14);1-4H;3H,7H2,1H3;6H,2-5H2,1H3;3H,2H2,1H3;2*1H;;1H2;/q;;;;;;;;;+1;;+2/p-3. The summed E-state index contributed by atoms with van der Waals surface area (Å²) in [5.74, 6) is 1.70. The molecule has 0 atom stereocenters. The second kappa shape index (κ2) is 40.5. The zero-order valence-electron chi connectivity index (χ0n) is 50.9. The van der Waals surface area contributed by atoms with E-state index in [1.54, 1.807) is 72.1 Å². The van der Waals surface area contributed by atoms with E-state index in [4.69, 9.17) is 64.2 Å². The third-order valence-corrected chi connectivity index (χ3v) is 16.6. The molecule has 8 heterocycles. The van der Waals surface area contributed by atoms with Crippen molar-refractivity contribution in [2.45, 2.75) is 34.6 Å². The second-order valence-electron chi connectivity index (χ2n) is 19.2. The molecule has 0 bridgehead atoms. The van der Waals surface area contributed by atoms with Crippen LogP contribution in [0.4, 0.5) is 71.2 Å². The van der Waals surface area contributed by atoms with Crippen molar-refractivity contribution in [2.75, 3.05) is 94.7 Å². The van der Waals surface area contributed by atoms with Crippen molar-refractivity contribution in [1.82, 2.24) is 20.0 Å². The van der Waals surface area contributed by atoms with Crippen LogP contribution in [0.1, 0.15) is 37.6 Å². The van der Waals surface area contributed by atoms with Crippen molar-refractivity contribution in [3.05, 3.63) is 200 Å². The van der Waals surface area contributed by atoms with Gasteiger partial charge in [0, 0.05) is 80.9 Å². The van der Waals surface area contributed by atoms with Crippen LogP contribution in [-0.2, 0) is 0 Å². The molecule has 470 valence electrons. The number of aryl methyl sites for hydroxylation is 4. The Labute approximate surface area is 575 Å². The first-order valence-electron chi connectivity index (χ1n) is 27.1. The van der Waals surface area contributed by atoms with Gasteiger partial charge in [0.2, 0.25) is 11.4 Å². The zero-order chi connectivity index (χ0) is 64.3. The van der Waals surface area contributed by atoms with Crippen molar-refractivity contribution in [1.29, 1.82) is 0 Å². The summed E-state index contributed by atoms with van der Waals surface area (Å²) >= 11 is 11.0. The number of amidine groups is 2. The number of para-hydroxylation sites is 7. The molecule has 0 aliphatic carbocycles. The molecule has 0 spiro atoms. The summed E-state index contributed by atoms with van der Waals surface area (Å²) in [6.45, 7) is 32.7. The maximum atomic E-state index is 10.9. The van der Waals surface area contributed by atoms with Gasteiger partial charge in [-0.3, -0.25) is 20.2 Å². The Balaban J connectivity index is 0.000000285. The summed E-state index contributed by atoms with van der Waals surface area (Å²) in [5, 5.41) is 45.5. The Kier molecular flexibility index (Phi) is 35.1. The maximum absolute atomic E-state index is 10.9. The Hall–Kier alpha value is -6.33. The minimum Gasteiger partial charge on any atom is -0.870 e. The Bertz CT molecular complexity index is 3730. The number of likely N-dealkylation sites (N-methyl/N-ethyl adjacent to an activating group) is 2. The summed E-state index contributed by atoms with van der Waals surface area (Å²) in [4.78, 5) is 47.9. The minimum absolute atomic E-state index is 0. The molecule has 0 amide bonds. The number of nitrogens with zero attached hydrogens (tertiary/aromatic N) is 9. The Morgan fingerprint density at radius 3 is 1.59 bits per heavy atom. The van der Waals surface area contributed by atoms with Crippen molar-refractivity contribution in [3.63, 3.8) is 0 Å². The van der Waals surface area contributed by atoms with E-state index in [1.807, 2.05) is 38.1 Å². The SMILES string of the molecule is CCO.CN1CCNCC1.Cc1cc2c(s1)Nc1ccccc1N=C2N.Cc1cc2c(s1)Nc1ccccc1N=C2N1CCN(C)CC1.O=[N+]([O-])c1ccccc1Cl.[C-]#[N+]c1cc(C)sc1N.[C-]#[N+]c1cc(C)sc1Nc1ccccc1[N+](=O)[O-].[Cl][Sn][Cl].[Li+].[OH-]. The molecule has 0 unspecified atom stereocenters. The number of hydrogen-bond acceptors (Lipinski definition) is 21. The smallest absolute Gasteiger partial charge is 0.870 e. The molecular weight excluding hydrogens is 1390 g/mol. The summed E-state index contributed by atoms with van der Waals surface area (Å²) in [5.41, 5.74) is 19.1. The quantitative estimate of drug-likeness (QED) is 0.0373. The number of thiophene rings is 4. The number of nitrogens with two attached hydrogens (primary N) is 2. The first kappa shape index (κ1) is 77.9. The van der Waals surface area contributed by atoms with Gasteiger partial charge in [0.15, 0.2) is 0 Å². The van der Waals surface area contributed by atoms with Gasteiger partial charge >= 0.3 is 55.6 Å². The van der Waals surface area contributed by atoms with E-state index in [-0.39, 0.29) is 47.3 Å². The number of benzene rings is 4. The van der Waals surface area contributed by atoms with Crippen LogP contribution >= 0.6 is 74.8 Å². The number of aliphatic hydroxyl groups is 1. The summed E-state index contributed by atoms with van der Waals surface area (Å²) < 4.78 is 0. The van der Waals surface area contributed by atoms with E-state index in [0.717, 1.165) is 88.2 Å². The third kappa shape index (κ3) is 24.4. The van der Waals surface area contributed by atoms with Crippen LogP contribution < -0.4 is 51.6 Å². The number of rotatable bonds is 4. The van der Waals surface area contributed by atoms with Gasteiger partial charge in [0.25, 0.3) is 11.4 Å². The Morgan fingerprint density at radius 1 is 0.667 bits per heavy atom. The zero-order valence-corrected chi connectivity index (χ0v) is 59.3. The van der Waals surface area contributed by atoms with Crippen molar-refractivity contribution < 1.29 is 39.3 Å². The first-order valence-corrected chi connectivity index (χ1v) is 38.0. The molecular formula is C60H69Cl3LiN15O6S4Sn. The molecule has 0 saturated carbocycles. The summed E-state index contributed by atoms with van der Waals surface area (Å²) in [6, 6.07) is 36.6. The van der Waals surface area contributed by atoms with E-state index >= 15 is 0 Å². The molecule has 2 radical (unpaired) electrons. The fraction of sp³-hybridized carbons (Fsp3) is 0.267. The van der Waals surface area contributed by atoms with Gasteiger partial charge in [-0.1, -0.05) is 60.1 Å². The van der Waals surface area contributed by atoms with Crippen molar-refractivity contribution in [2.24, 2.45) is 15.7 Å². The van der Waals surface area contributed by atoms with Gasteiger partial charge in [0.1, 0.15) is 32.4 Å². The monoisotopic (exact) mass is 1460 g/mol. The number of nitro groups is 2. The molecule has 10 N–H and O–H groups in total. The molecule has 90 heavy (non-hydrogen) atoms. The number of halogens is 3. The van der Waals surface area contributed by atoms with E-state index in [0.29, 0.717) is 32.9 Å². The van der Waals surface area contributed by atoms with Crippen LogP contribution in [0.15, 0.2) is 131 Å². The van der Waals surface area contributed by atoms with Crippen molar-refractivity contribution in [3.8, 4) is 0 Å². The van der Waals surface area contributed by atoms with Gasteiger partial charge in [-0.2, -0.15) is 0 Å². The number of nitro benzene ring substituents is 2. The van der Waals surface area contributed by atoms with Crippen LogP contribution in [0.5, 0.6) is 0 Å². The predicted octanol–water partition coefficient (Wildman–Crippen LogP) is 12.6. The van der Waals surface area contributed by atoms with Gasteiger partial charge < -0.3 is 58.0 Å². The number of aliphatic imine (C=N–C) groups is 2. The fourth-order valence-electron chi connectivity index (χ4n) is 8.31. The number of fused-ring (bicyclic) bond motifs is 4.